The fourth-order valence-corrected chi connectivity index (χ4v) is 2.09. The number of hydrogen-bond donors (Lipinski definition) is 1. The molecule has 17 heavy (non-hydrogen) atoms. The van der Waals surface area contributed by atoms with Gasteiger partial charge in [-0.05, 0) is 27.5 Å². The third-order valence-electron chi connectivity index (χ3n) is 2.95. The van der Waals surface area contributed by atoms with Crippen molar-refractivity contribution in [3.05, 3.63) is 28.8 Å². The highest BCUT2D eigenvalue weighted by atomic mass is 32.1. The highest BCUT2D eigenvalue weighted by molar-refractivity contribution is 7.79. The van der Waals surface area contributed by atoms with Crippen molar-refractivity contribution in [2.45, 2.75) is 58.1 Å². The van der Waals surface area contributed by atoms with Crippen LogP contribution in [0.4, 0.5) is 0 Å². The van der Waals surface area contributed by atoms with E-state index in [-0.39, 0.29) is 10.8 Å². The van der Waals surface area contributed by atoms with Crippen molar-refractivity contribution in [3.63, 3.8) is 0 Å². The molecule has 0 aliphatic carbocycles. The van der Waals surface area contributed by atoms with Crippen LogP contribution in [0.25, 0.3) is 0 Å². The van der Waals surface area contributed by atoms with Crippen molar-refractivity contribution in [2.24, 2.45) is 0 Å². The quantitative estimate of drug-likeness (QED) is 0.768. The van der Waals surface area contributed by atoms with E-state index in [1.165, 1.54) is 0 Å². The van der Waals surface area contributed by atoms with Gasteiger partial charge in [0.1, 0.15) is 5.75 Å². The maximum atomic E-state index is 10.4. The van der Waals surface area contributed by atoms with E-state index in [1.54, 1.807) is 0 Å². The van der Waals surface area contributed by atoms with Crippen LogP contribution in [0.1, 0.15) is 58.2 Å². The van der Waals surface area contributed by atoms with Crippen molar-refractivity contribution < 1.29 is 5.11 Å². The molecule has 1 N–H and O–H groups in total. The first-order valence-corrected chi connectivity index (χ1v) is 6.60. The second-order valence-corrected chi connectivity index (χ2v) is 6.97. The zero-order valence-electron chi connectivity index (χ0n) is 11.7. The van der Waals surface area contributed by atoms with Crippen LogP contribution in [0.2, 0.25) is 0 Å². The summed E-state index contributed by atoms with van der Waals surface area (Å²) in [5.41, 5.74) is 2.97. The average Bonchev–Trinajstić information content (AvgIpc) is 2.14. The first kappa shape index (κ1) is 14.4. The molecule has 0 aliphatic rings. The van der Waals surface area contributed by atoms with Crippen molar-refractivity contribution in [1.29, 1.82) is 0 Å². The number of rotatable bonds is 1. The summed E-state index contributed by atoms with van der Waals surface area (Å²) in [7, 11) is 0. The van der Waals surface area contributed by atoms with Crippen LogP contribution >= 0.6 is 12.6 Å². The van der Waals surface area contributed by atoms with Gasteiger partial charge < -0.3 is 5.11 Å². The Morgan fingerprint density at radius 2 is 1.29 bits per heavy atom. The summed E-state index contributed by atoms with van der Waals surface area (Å²) in [5, 5.41) is 10.4. The van der Waals surface area contributed by atoms with Gasteiger partial charge in [0.2, 0.25) is 0 Å². The second kappa shape index (κ2) is 4.56. The predicted molar refractivity (Wildman–Crippen MR) is 76.8 cm³/mol. The van der Waals surface area contributed by atoms with Crippen LogP contribution in [-0.2, 0) is 16.6 Å². The Morgan fingerprint density at radius 1 is 0.941 bits per heavy atom. The average molecular weight is 251 g/mol. The molecule has 1 rings (SSSR count). The molecule has 0 spiro atoms. The van der Waals surface area contributed by atoms with Crippen LogP contribution < -0.4 is 0 Å². The normalized spacial score (nSPS) is 12.9. The maximum Gasteiger partial charge on any atom is 0.123 e. The molecule has 0 aromatic heterocycles. The molecule has 0 unspecified atom stereocenters. The van der Waals surface area contributed by atoms with E-state index in [1.807, 2.05) is 12.1 Å². The third-order valence-corrected chi connectivity index (χ3v) is 3.29. The van der Waals surface area contributed by atoms with Crippen molar-refractivity contribution in [2.75, 3.05) is 0 Å². The van der Waals surface area contributed by atoms with Crippen LogP contribution in [0, 0.1) is 0 Å². The van der Waals surface area contributed by atoms with Gasteiger partial charge in [-0.25, -0.2) is 0 Å². The number of hydrogen-bond acceptors (Lipinski definition) is 1. The summed E-state index contributed by atoms with van der Waals surface area (Å²) < 4.78 is 0. The van der Waals surface area contributed by atoms with E-state index in [9.17, 15) is 5.11 Å². The largest absolute Gasteiger partial charge is 0.507 e. The number of phenols is 1. The molecule has 0 fully saturated rings. The Labute approximate surface area is 111 Å². The van der Waals surface area contributed by atoms with Gasteiger partial charge in [0, 0.05) is 5.75 Å². The summed E-state index contributed by atoms with van der Waals surface area (Å²) in [6, 6.07) is 4.08. The molecule has 1 nitrogen and oxygen atoms in total. The molecule has 0 saturated carbocycles. The molecule has 0 bridgehead atoms. The Hall–Kier alpha value is -0.630. The Morgan fingerprint density at radius 3 is 1.53 bits per heavy atom. The number of benzene rings is 1. The van der Waals surface area contributed by atoms with Crippen LogP contribution in [0.3, 0.4) is 0 Å². The van der Waals surface area contributed by atoms with E-state index < -0.39 is 0 Å². The van der Waals surface area contributed by atoms with Gasteiger partial charge in [-0.3, -0.25) is 0 Å². The molecular formula is C15H23OS. The van der Waals surface area contributed by atoms with Gasteiger partial charge in [-0.2, -0.15) is 0 Å². The molecule has 1 radical (unpaired) electrons. The number of aromatic hydroxyl groups is 1. The van der Waals surface area contributed by atoms with Gasteiger partial charge in [0.05, 0.1) is 0 Å². The van der Waals surface area contributed by atoms with Gasteiger partial charge in [-0.1, -0.05) is 66.3 Å². The Balaban J connectivity index is 3.53. The van der Waals surface area contributed by atoms with Gasteiger partial charge in [-0.15, -0.1) is 0 Å². The summed E-state index contributed by atoms with van der Waals surface area (Å²) in [6.07, 6.45) is 0. The van der Waals surface area contributed by atoms with Crippen LogP contribution in [0.15, 0.2) is 12.1 Å². The maximum absolute atomic E-state index is 10.4. The molecule has 1 aromatic carbocycles. The fourth-order valence-electron chi connectivity index (χ4n) is 1.92. The summed E-state index contributed by atoms with van der Waals surface area (Å²) in [6.45, 7) is 12.7. The lowest BCUT2D eigenvalue weighted by atomic mass is 9.78. The Bertz CT molecular complexity index is 373. The smallest absolute Gasteiger partial charge is 0.123 e. The summed E-state index contributed by atoms with van der Waals surface area (Å²) in [5.74, 6) is 1.02. The first-order valence-electron chi connectivity index (χ1n) is 6.02. The lowest BCUT2D eigenvalue weighted by Crippen LogP contribution is -2.17. The van der Waals surface area contributed by atoms with Crippen molar-refractivity contribution in [1.82, 2.24) is 0 Å². The van der Waals surface area contributed by atoms with Crippen molar-refractivity contribution >= 4 is 12.6 Å². The number of phenolic OH excluding ortho intramolecular Hbond substituents is 1. The predicted octanol–water partition coefficient (Wildman–Crippen LogP) is 4.68. The highest BCUT2D eigenvalue weighted by Crippen LogP contribution is 2.39. The molecule has 2 heteroatoms. The molecule has 0 amide bonds. The minimum absolute atomic E-state index is 0.0649. The zero-order chi connectivity index (χ0) is 13.4. The van der Waals surface area contributed by atoms with Crippen molar-refractivity contribution in [3.8, 4) is 5.75 Å². The minimum atomic E-state index is -0.0649. The summed E-state index contributed by atoms with van der Waals surface area (Å²) in [4.78, 5) is 0. The Kier molecular flexibility index (Phi) is 3.87. The summed E-state index contributed by atoms with van der Waals surface area (Å²) >= 11 is 5.15. The monoisotopic (exact) mass is 251 g/mol. The lowest BCUT2D eigenvalue weighted by molar-refractivity contribution is 0.423. The lowest BCUT2D eigenvalue weighted by Gasteiger charge is -2.28. The van der Waals surface area contributed by atoms with E-state index in [2.05, 4.69) is 41.5 Å². The van der Waals surface area contributed by atoms with Gasteiger partial charge >= 0.3 is 0 Å². The van der Waals surface area contributed by atoms with Gasteiger partial charge in [0.25, 0.3) is 0 Å². The van der Waals surface area contributed by atoms with Crippen LogP contribution in [-0.4, -0.2) is 5.11 Å². The molecule has 95 valence electrons. The highest BCUT2D eigenvalue weighted by Gasteiger charge is 2.26. The first-order chi connectivity index (χ1) is 7.57. The molecule has 0 saturated heterocycles. The minimum Gasteiger partial charge on any atom is -0.507 e. The molecular weight excluding hydrogens is 228 g/mol. The zero-order valence-corrected chi connectivity index (χ0v) is 12.5. The fraction of sp³-hybridized carbons (Fsp3) is 0.600. The van der Waals surface area contributed by atoms with E-state index >= 15 is 0 Å². The molecule has 0 heterocycles. The molecule has 1 aromatic rings. The van der Waals surface area contributed by atoms with E-state index in [0.29, 0.717) is 11.5 Å². The van der Waals surface area contributed by atoms with Crippen LogP contribution in [0.5, 0.6) is 5.75 Å². The third kappa shape index (κ3) is 3.19. The molecule has 0 aliphatic heterocycles. The standard InChI is InChI=1S/C15H23OS/c1-14(2,3)11-7-10(9-17)8-12(13(11)16)15(4,5)6/h7-8,16H,9H2,1-6H3. The van der Waals surface area contributed by atoms with Gasteiger partial charge in [0.15, 0.2) is 0 Å². The topological polar surface area (TPSA) is 20.2 Å². The van der Waals surface area contributed by atoms with E-state index in [4.69, 9.17) is 12.6 Å². The SMILES string of the molecule is CC(C)(C)c1cc(C[S])cc(C(C)(C)C)c1O. The molecule has 0 atom stereocenters. The second-order valence-electron chi connectivity index (χ2n) is 6.68. The van der Waals surface area contributed by atoms with E-state index in [0.717, 1.165) is 16.7 Å².